The summed E-state index contributed by atoms with van der Waals surface area (Å²) in [5, 5.41) is 22.8. The summed E-state index contributed by atoms with van der Waals surface area (Å²) in [5.74, 6) is -3.93. The summed E-state index contributed by atoms with van der Waals surface area (Å²) in [6, 6.07) is 4.08. The molecule has 3 aromatic rings. The van der Waals surface area contributed by atoms with Crippen molar-refractivity contribution in [3.05, 3.63) is 54.1 Å². The lowest BCUT2D eigenvalue weighted by Gasteiger charge is -2.27. The fourth-order valence-corrected chi connectivity index (χ4v) is 6.50. The van der Waals surface area contributed by atoms with E-state index >= 15 is 0 Å². The molecule has 0 bridgehead atoms. The van der Waals surface area contributed by atoms with Gasteiger partial charge < -0.3 is 21.1 Å². The molecule has 1 unspecified atom stereocenters. The first-order valence-corrected chi connectivity index (χ1v) is 15.9. The summed E-state index contributed by atoms with van der Waals surface area (Å²) in [5.41, 5.74) is 4.53. The van der Waals surface area contributed by atoms with Crippen molar-refractivity contribution >= 4 is 45.9 Å². The van der Waals surface area contributed by atoms with Gasteiger partial charge in [-0.25, -0.2) is 9.67 Å². The van der Waals surface area contributed by atoms with E-state index in [-0.39, 0.29) is 31.0 Å². The Morgan fingerprint density at radius 2 is 1.85 bits per heavy atom. The number of nitrogens with one attached hydrogen (secondary N) is 1. The van der Waals surface area contributed by atoms with Crippen molar-refractivity contribution in [3.8, 4) is 0 Å². The Kier molecular flexibility index (Phi) is 9.89. The molecule has 4 N–H and O–H groups in total. The zero-order valence-electron chi connectivity index (χ0n) is 26.8. The molecule has 14 nitrogen and oxygen atoms in total. The number of Topliss-reactive ketones (excluding diaryl/α,β-unsaturated/α-hetero) is 1. The zero-order chi connectivity index (χ0) is 33.9. The van der Waals surface area contributed by atoms with E-state index in [1.165, 1.54) is 22.7 Å². The largest absolute Gasteiger partial charge is 0.384 e. The first kappa shape index (κ1) is 33.5. The normalized spacial score (nSPS) is 19.8. The van der Waals surface area contributed by atoms with Crippen LogP contribution >= 0.6 is 0 Å². The topological polar surface area (TPSA) is 203 Å². The Hall–Kier alpha value is -4.85. The van der Waals surface area contributed by atoms with Crippen LogP contribution < -0.4 is 11.1 Å². The van der Waals surface area contributed by atoms with Gasteiger partial charge >= 0.3 is 0 Å². The number of aromatic nitrogens is 4. The molecule has 0 radical (unpaired) electrons. The first-order valence-electron chi connectivity index (χ1n) is 15.9. The van der Waals surface area contributed by atoms with Crippen LogP contribution in [0, 0.1) is 5.92 Å². The number of hydrogen-bond acceptors (Lipinski definition) is 9. The van der Waals surface area contributed by atoms with Crippen LogP contribution in [-0.2, 0) is 24.8 Å². The van der Waals surface area contributed by atoms with E-state index in [1.807, 2.05) is 6.07 Å². The number of carbonyl (C=O) groups is 5. The Balaban J connectivity index is 1.52. The summed E-state index contributed by atoms with van der Waals surface area (Å²) in [6.45, 7) is 4.47. The molecule has 248 valence electrons. The Bertz CT molecular complexity index is 1720. The van der Waals surface area contributed by atoms with Gasteiger partial charge in [0.05, 0.1) is 29.5 Å². The fraction of sp³-hybridized carbons (Fsp3) is 0.485. The minimum Gasteiger partial charge on any atom is -0.384 e. The number of benzene rings is 1. The minimum atomic E-state index is -1.32. The van der Waals surface area contributed by atoms with Crippen LogP contribution in [0.5, 0.6) is 0 Å². The summed E-state index contributed by atoms with van der Waals surface area (Å²) in [7, 11) is 0. The second-order valence-corrected chi connectivity index (χ2v) is 12.9. The van der Waals surface area contributed by atoms with Crippen LogP contribution in [0.3, 0.4) is 0 Å². The van der Waals surface area contributed by atoms with E-state index in [0.717, 1.165) is 37.5 Å². The number of nitrogens with zero attached hydrogens (tertiary/aromatic N) is 6. The molecule has 3 atom stereocenters. The quantitative estimate of drug-likeness (QED) is 0.218. The number of ketones is 1. The van der Waals surface area contributed by atoms with Crippen LogP contribution in [0.2, 0.25) is 0 Å². The number of pyridine rings is 1. The number of nitrogens with two attached hydrogens (primary N) is 1. The molecule has 3 heterocycles. The third kappa shape index (κ3) is 7.43. The van der Waals surface area contributed by atoms with Crippen molar-refractivity contribution in [2.24, 2.45) is 16.6 Å². The lowest BCUT2D eigenvalue weighted by atomic mass is 9.85. The highest BCUT2D eigenvalue weighted by molar-refractivity contribution is 6.41. The molecular formula is C33H40N8O6. The van der Waals surface area contributed by atoms with Crippen molar-refractivity contribution < 1.29 is 29.1 Å². The van der Waals surface area contributed by atoms with E-state index in [0.29, 0.717) is 16.6 Å². The molecule has 4 amide bonds. The Morgan fingerprint density at radius 3 is 2.55 bits per heavy atom. The Morgan fingerprint density at radius 1 is 1.11 bits per heavy atom. The molecule has 1 saturated carbocycles. The second-order valence-electron chi connectivity index (χ2n) is 12.9. The predicted octanol–water partition coefficient (Wildman–Crippen LogP) is 2.01. The third-order valence-corrected chi connectivity index (χ3v) is 8.99. The molecule has 1 aliphatic carbocycles. The number of primary amides is 1. The Labute approximate surface area is 271 Å². The third-order valence-electron chi connectivity index (χ3n) is 8.99. The first-order chi connectivity index (χ1) is 22.3. The SMILES string of the molecule is CC(NC(=O)[C@@H]1C[C@H](n2nncc2C(C)(C)O)CN1C(=O)/C(CC1CCCCC1)=N/C(=O)c1cccc2ccncc12)C(=O)C(N)=O. The van der Waals surface area contributed by atoms with Crippen LogP contribution in [0.4, 0.5) is 0 Å². The number of rotatable bonds is 10. The van der Waals surface area contributed by atoms with Gasteiger partial charge in [0.15, 0.2) is 0 Å². The van der Waals surface area contributed by atoms with Gasteiger partial charge in [0.2, 0.25) is 11.7 Å². The van der Waals surface area contributed by atoms with Gasteiger partial charge in [-0.05, 0) is 50.6 Å². The molecular weight excluding hydrogens is 604 g/mol. The highest BCUT2D eigenvalue weighted by atomic mass is 16.3. The molecule has 47 heavy (non-hydrogen) atoms. The second kappa shape index (κ2) is 13.9. The van der Waals surface area contributed by atoms with Crippen LogP contribution in [-0.4, -0.2) is 83.7 Å². The smallest absolute Gasteiger partial charge is 0.287 e. The lowest BCUT2D eigenvalue weighted by molar-refractivity contribution is -0.139. The number of aliphatic hydroxyl groups is 1. The fourth-order valence-electron chi connectivity index (χ4n) is 6.50. The maximum absolute atomic E-state index is 14.5. The summed E-state index contributed by atoms with van der Waals surface area (Å²) in [4.78, 5) is 75.5. The summed E-state index contributed by atoms with van der Waals surface area (Å²) < 4.78 is 1.48. The van der Waals surface area contributed by atoms with Crippen molar-refractivity contribution in [1.82, 2.24) is 30.2 Å². The van der Waals surface area contributed by atoms with Gasteiger partial charge in [-0.15, -0.1) is 5.10 Å². The number of carbonyl (C=O) groups excluding carboxylic acids is 5. The molecule has 2 fully saturated rings. The van der Waals surface area contributed by atoms with Crippen LogP contribution in [0.25, 0.3) is 10.8 Å². The monoisotopic (exact) mass is 644 g/mol. The highest BCUT2D eigenvalue weighted by Crippen LogP contribution is 2.33. The van der Waals surface area contributed by atoms with Crippen molar-refractivity contribution in [3.63, 3.8) is 0 Å². The van der Waals surface area contributed by atoms with Crippen molar-refractivity contribution in [2.45, 2.75) is 89.4 Å². The molecule has 14 heteroatoms. The van der Waals surface area contributed by atoms with Gasteiger partial charge in [-0.2, -0.15) is 0 Å². The van der Waals surface area contributed by atoms with Crippen molar-refractivity contribution in [2.75, 3.05) is 6.54 Å². The highest BCUT2D eigenvalue weighted by Gasteiger charge is 2.44. The average molecular weight is 645 g/mol. The van der Waals surface area contributed by atoms with Gasteiger partial charge in [0, 0.05) is 30.7 Å². The van der Waals surface area contributed by atoms with E-state index in [4.69, 9.17) is 5.73 Å². The average Bonchev–Trinajstić information content (AvgIpc) is 3.72. The maximum Gasteiger partial charge on any atom is 0.287 e. The molecule has 5 rings (SSSR count). The zero-order valence-corrected chi connectivity index (χ0v) is 26.8. The number of likely N-dealkylation sites (tertiary alicyclic amines) is 1. The number of hydrogen-bond donors (Lipinski definition) is 3. The molecule has 0 spiro atoms. The molecule has 2 aliphatic rings. The molecule has 1 aliphatic heterocycles. The van der Waals surface area contributed by atoms with Crippen LogP contribution in [0.15, 0.2) is 47.8 Å². The molecule has 2 aromatic heterocycles. The van der Waals surface area contributed by atoms with E-state index in [2.05, 4.69) is 25.6 Å². The van der Waals surface area contributed by atoms with Gasteiger partial charge in [0.1, 0.15) is 17.4 Å². The summed E-state index contributed by atoms with van der Waals surface area (Å²) >= 11 is 0. The molecule has 1 saturated heterocycles. The number of amides is 4. The van der Waals surface area contributed by atoms with Crippen LogP contribution in [0.1, 0.15) is 87.8 Å². The lowest BCUT2D eigenvalue weighted by Crippen LogP contribution is -2.52. The van der Waals surface area contributed by atoms with E-state index in [9.17, 15) is 29.1 Å². The van der Waals surface area contributed by atoms with E-state index < -0.39 is 53.1 Å². The number of fused-ring (bicyclic) bond motifs is 1. The van der Waals surface area contributed by atoms with Gasteiger partial charge in [-0.3, -0.25) is 29.0 Å². The summed E-state index contributed by atoms with van der Waals surface area (Å²) in [6.07, 6.45) is 9.80. The number of aliphatic imine (C=N–C) groups is 1. The van der Waals surface area contributed by atoms with Gasteiger partial charge in [-0.1, -0.05) is 49.5 Å². The maximum atomic E-state index is 14.5. The van der Waals surface area contributed by atoms with Crippen molar-refractivity contribution in [1.29, 1.82) is 0 Å². The predicted molar refractivity (Wildman–Crippen MR) is 171 cm³/mol. The minimum absolute atomic E-state index is 0.0163. The molecule has 1 aromatic carbocycles. The van der Waals surface area contributed by atoms with Gasteiger partial charge in [0.25, 0.3) is 17.7 Å². The van der Waals surface area contributed by atoms with E-state index in [1.54, 1.807) is 44.4 Å². The standard InChI is InChI=1S/C33H40N8O6/c1-19(28(42)29(34)43)37-31(45)26-15-22(41-27(17-36-39-41)33(2,3)47)18-40(26)32(46)25(14-20-8-5-4-6-9-20)38-30(44)23-11-7-10-21-12-13-35-16-24(21)23/h7,10-13,16-17,19-20,22,26,47H,4-6,8-9,14-15,18H2,1-3H3,(H2,34,43)(H,37,45)/b38-25+/t19?,22-,26-/m0/s1.